The van der Waals surface area contributed by atoms with Crippen LogP contribution in [-0.4, -0.2) is 55.5 Å². The highest BCUT2D eigenvalue weighted by molar-refractivity contribution is 6.01. The van der Waals surface area contributed by atoms with Crippen molar-refractivity contribution in [3.63, 3.8) is 0 Å². The highest BCUT2D eigenvalue weighted by Gasteiger charge is 2.24. The average molecular weight is 557 g/mol. The van der Waals surface area contributed by atoms with Gasteiger partial charge in [-0.1, -0.05) is 60.7 Å². The molecule has 1 atom stereocenters. The Hall–Kier alpha value is -4.61. The van der Waals surface area contributed by atoms with Gasteiger partial charge in [-0.3, -0.25) is 15.6 Å². The maximum atomic E-state index is 12.4. The molecule has 0 aliphatic heterocycles. The van der Waals surface area contributed by atoms with Gasteiger partial charge in [0.15, 0.2) is 0 Å². The number of hydrogen-bond donors (Lipinski definition) is 3. The highest BCUT2D eigenvalue weighted by atomic mass is 16.6. The van der Waals surface area contributed by atoms with E-state index in [-0.39, 0.29) is 38.6 Å². The summed E-state index contributed by atoms with van der Waals surface area (Å²) in [4.78, 5) is 53.2. The first-order valence-electron chi connectivity index (χ1n) is 12.6. The fourth-order valence-electron chi connectivity index (χ4n) is 3.15. The van der Waals surface area contributed by atoms with Gasteiger partial charge in [0.05, 0.1) is 7.11 Å². The Balaban J connectivity index is 1.98. The van der Waals surface area contributed by atoms with Crippen LogP contribution in [0, 0.1) is 0 Å². The first-order chi connectivity index (χ1) is 19.1. The molecule has 216 valence electrons. The van der Waals surface area contributed by atoms with Crippen molar-refractivity contribution in [3.05, 3.63) is 71.8 Å². The van der Waals surface area contributed by atoms with E-state index in [9.17, 15) is 19.2 Å². The molecule has 0 saturated carbocycles. The largest absolute Gasteiger partial charge is 0.467 e. The van der Waals surface area contributed by atoms with Crippen LogP contribution in [0.3, 0.4) is 0 Å². The molecule has 2 rings (SSSR count). The maximum Gasteiger partial charge on any atom is 0.414 e. The number of carbonyl (C=O) groups is 4. The van der Waals surface area contributed by atoms with Gasteiger partial charge in [0.25, 0.3) is 0 Å². The van der Waals surface area contributed by atoms with Crippen molar-refractivity contribution < 1.29 is 38.1 Å². The van der Waals surface area contributed by atoms with Crippen molar-refractivity contribution in [1.82, 2.24) is 16.0 Å². The molecule has 2 aromatic rings. The van der Waals surface area contributed by atoms with Crippen molar-refractivity contribution in [2.24, 2.45) is 4.99 Å². The Morgan fingerprint density at radius 1 is 0.800 bits per heavy atom. The van der Waals surface area contributed by atoms with Gasteiger partial charge in [0, 0.05) is 6.54 Å². The number of amides is 3. The van der Waals surface area contributed by atoms with Gasteiger partial charge < -0.3 is 24.3 Å². The van der Waals surface area contributed by atoms with E-state index in [2.05, 4.69) is 20.9 Å². The summed E-state index contributed by atoms with van der Waals surface area (Å²) in [5.74, 6) is -0.855. The standard InChI is InChI=1S/C28H36N4O8/c1-28(2,3)40-27(36)30-22(23(33)37-4)16-11-17-29-24(31-25(34)38-18-20-12-7-5-8-13-20)32-26(35)39-19-21-14-9-6-10-15-21/h5-10,12-15,22H,11,16-19H2,1-4H3,(H,30,36)(H2,29,31,32,34,35)/t22-/m0/s1. The van der Waals surface area contributed by atoms with Gasteiger partial charge in [-0.25, -0.2) is 19.2 Å². The minimum Gasteiger partial charge on any atom is -0.467 e. The number of methoxy groups -OCH3 is 1. The van der Waals surface area contributed by atoms with E-state index >= 15 is 0 Å². The quantitative estimate of drug-likeness (QED) is 0.130. The van der Waals surface area contributed by atoms with Crippen LogP contribution >= 0.6 is 0 Å². The third kappa shape index (κ3) is 13.3. The van der Waals surface area contributed by atoms with Crippen LogP contribution in [0.5, 0.6) is 0 Å². The van der Waals surface area contributed by atoms with Gasteiger partial charge >= 0.3 is 24.2 Å². The maximum absolute atomic E-state index is 12.4. The minimum absolute atomic E-state index is 0.00948. The zero-order chi connectivity index (χ0) is 29.4. The number of carbonyl (C=O) groups excluding carboxylic acids is 4. The summed E-state index contributed by atoms with van der Waals surface area (Å²) in [5.41, 5.74) is 0.807. The van der Waals surface area contributed by atoms with Crippen molar-refractivity contribution in [3.8, 4) is 0 Å². The zero-order valence-corrected chi connectivity index (χ0v) is 23.1. The molecule has 0 spiro atoms. The lowest BCUT2D eigenvalue weighted by Crippen LogP contribution is -2.45. The molecule has 3 amide bonds. The summed E-state index contributed by atoms with van der Waals surface area (Å²) in [5, 5.41) is 7.26. The predicted octanol–water partition coefficient (Wildman–Crippen LogP) is 4.04. The second-order valence-electron chi connectivity index (χ2n) is 9.47. The SMILES string of the molecule is COC(=O)[C@H](CCCN=C(NC(=O)OCc1ccccc1)NC(=O)OCc1ccccc1)NC(=O)OC(C)(C)C. The first kappa shape index (κ1) is 31.6. The molecule has 0 aromatic heterocycles. The Morgan fingerprint density at radius 3 is 1.75 bits per heavy atom. The van der Waals surface area contributed by atoms with Crippen molar-refractivity contribution in [2.45, 2.75) is 58.5 Å². The number of nitrogens with one attached hydrogen (secondary N) is 3. The molecule has 0 bridgehead atoms. The van der Waals surface area contributed by atoms with E-state index in [0.29, 0.717) is 0 Å². The van der Waals surface area contributed by atoms with Crippen molar-refractivity contribution in [2.75, 3.05) is 13.7 Å². The van der Waals surface area contributed by atoms with Crippen LogP contribution in [0.15, 0.2) is 65.7 Å². The second kappa shape index (κ2) is 16.4. The number of benzene rings is 2. The molecule has 12 heteroatoms. The van der Waals surface area contributed by atoms with Crippen LogP contribution in [0.25, 0.3) is 0 Å². The molecule has 2 aromatic carbocycles. The molecule has 0 aliphatic carbocycles. The summed E-state index contributed by atoms with van der Waals surface area (Å²) in [6.07, 6.45) is -2.02. The third-order valence-electron chi connectivity index (χ3n) is 4.96. The van der Waals surface area contributed by atoms with Gasteiger partial charge in [-0.05, 0) is 44.7 Å². The van der Waals surface area contributed by atoms with E-state index in [1.807, 2.05) is 36.4 Å². The minimum atomic E-state index is -0.980. The van der Waals surface area contributed by atoms with Crippen LogP contribution in [0.4, 0.5) is 14.4 Å². The number of rotatable bonds is 10. The van der Waals surface area contributed by atoms with E-state index < -0.39 is 35.9 Å². The molecular formula is C28H36N4O8. The van der Waals surface area contributed by atoms with E-state index in [1.165, 1.54) is 7.11 Å². The summed E-state index contributed by atoms with van der Waals surface area (Å²) < 4.78 is 20.4. The predicted molar refractivity (Wildman–Crippen MR) is 146 cm³/mol. The number of aliphatic imine (C=N–C) groups is 1. The van der Waals surface area contributed by atoms with Gasteiger partial charge in [-0.2, -0.15) is 0 Å². The number of nitrogens with zero attached hydrogens (tertiary/aromatic N) is 1. The van der Waals surface area contributed by atoms with E-state index in [4.69, 9.17) is 18.9 Å². The summed E-state index contributed by atoms with van der Waals surface area (Å²) in [7, 11) is 1.21. The van der Waals surface area contributed by atoms with Crippen LogP contribution in [-0.2, 0) is 37.0 Å². The summed E-state index contributed by atoms with van der Waals surface area (Å²) in [6.45, 7) is 5.19. The Bertz CT molecular complexity index is 1070. The molecule has 0 fully saturated rings. The van der Waals surface area contributed by atoms with Crippen molar-refractivity contribution >= 4 is 30.2 Å². The van der Waals surface area contributed by atoms with E-state index in [0.717, 1.165) is 11.1 Å². The first-order valence-corrected chi connectivity index (χ1v) is 12.6. The Kier molecular flexibility index (Phi) is 12.9. The number of alkyl carbamates (subject to hydrolysis) is 3. The third-order valence-corrected chi connectivity index (χ3v) is 4.96. The number of esters is 1. The smallest absolute Gasteiger partial charge is 0.414 e. The molecule has 0 saturated heterocycles. The fourth-order valence-corrected chi connectivity index (χ4v) is 3.15. The Morgan fingerprint density at radius 2 is 1.30 bits per heavy atom. The van der Waals surface area contributed by atoms with E-state index in [1.54, 1.807) is 45.0 Å². The van der Waals surface area contributed by atoms with Gasteiger partial charge in [0.1, 0.15) is 24.9 Å². The number of ether oxygens (including phenoxy) is 4. The molecule has 0 radical (unpaired) electrons. The Labute approximate surface area is 233 Å². The monoisotopic (exact) mass is 556 g/mol. The van der Waals surface area contributed by atoms with Gasteiger partial charge in [-0.15, -0.1) is 0 Å². The van der Waals surface area contributed by atoms with Crippen molar-refractivity contribution in [1.29, 1.82) is 0 Å². The summed E-state index contributed by atoms with van der Waals surface area (Å²) in [6, 6.07) is 17.1. The average Bonchev–Trinajstić information content (AvgIpc) is 2.92. The molecule has 0 unspecified atom stereocenters. The highest BCUT2D eigenvalue weighted by Crippen LogP contribution is 2.08. The molecule has 12 nitrogen and oxygen atoms in total. The lowest BCUT2D eigenvalue weighted by molar-refractivity contribution is -0.143. The number of hydrogen-bond acceptors (Lipinski definition) is 9. The molecular weight excluding hydrogens is 520 g/mol. The molecule has 0 aliphatic rings. The van der Waals surface area contributed by atoms with Crippen LogP contribution in [0.2, 0.25) is 0 Å². The lowest BCUT2D eigenvalue weighted by Gasteiger charge is -2.22. The zero-order valence-electron chi connectivity index (χ0n) is 23.1. The molecule has 3 N–H and O–H groups in total. The lowest BCUT2D eigenvalue weighted by atomic mass is 10.1. The summed E-state index contributed by atoms with van der Waals surface area (Å²) >= 11 is 0. The molecule has 40 heavy (non-hydrogen) atoms. The van der Waals surface area contributed by atoms with Gasteiger partial charge in [0.2, 0.25) is 5.96 Å². The fraction of sp³-hybridized carbons (Fsp3) is 0.393. The second-order valence-corrected chi connectivity index (χ2v) is 9.47. The van der Waals surface area contributed by atoms with Crippen LogP contribution in [0.1, 0.15) is 44.7 Å². The number of guanidine groups is 1. The topological polar surface area (TPSA) is 154 Å². The molecule has 0 heterocycles. The van der Waals surface area contributed by atoms with Crippen LogP contribution < -0.4 is 16.0 Å². The normalized spacial score (nSPS) is 11.3.